The number of rotatable bonds is 3. The highest BCUT2D eigenvalue weighted by atomic mass is 35.5. The highest BCUT2D eigenvalue weighted by molar-refractivity contribution is 6.30. The SMILES string of the molecule is O=C(CN1CCc2ccccc2C1)N1CCC[C@]2(CC1)CN(c1cccc(Cl)c1)C(=O)O2. The number of halogens is 1. The van der Waals surface area contributed by atoms with Gasteiger partial charge in [-0.1, -0.05) is 41.9 Å². The molecule has 0 N–H and O–H groups in total. The maximum atomic E-state index is 13.1. The van der Waals surface area contributed by atoms with Crippen LogP contribution in [0.1, 0.15) is 30.4 Å². The molecule has 1 spiro atoms. The Labute approximate surface area is 193 Å². The van der Waals surface area contributed by atoms with E-state index in [0.717, 1.165) is 38.0 Å². The third kappa shape index (κ3) is 4.34. The van der Waals surface area contributed by atoms with Gasteiger partial charge in [0.05, 0.1) is 13.1 Å². The number of likely N-dealkylation sites (tertiary alicyclic amines) is 1. The molecule has 7 heteroatoms. The van der Waals surface area contributed by atoms with Crippen LogP contribution in [0.3, 0.4) is 0 Å². The summed E-state index contributed by atoms with van der Waals surface area (Å²) in [6.45, 7) is 3.99. The first kappa shape index (κ1) is 21.3. The van der Waals surface area contributed by atoms with Gasteiger partial charge in [-0.25, -0.2) is 4.79 Å². The van der Waals surface area contributed by atoms with E-state index in [1.165, 1.54) is 11.1 Å². The number of carbonyl (C=O) groups is 2. The van der Waals surface area contributed by atoms with E-state index in [4.69, 9.17) is 16.3 Å². The van der Waals surface area contributed by atoms with Crippen LogP contribution in [0, 0.1) is 0 Å². The number of anilines is 1. The lowest BCUT2D eigenvalue weighted by Gasteiger charge is -2.30. The number of carbonyl (C=O) groups excluding carboxylic acids is 2. The maximum absolute atomic E-state index is 13.1. The Morgan fingerprint density at radius 2 is 1.88 bits per heavy atom. The van der Waals surface area contributed by atoms with Crippen molar-refractivity contribution in [2.45, 2.75) is 37.8 Å². The third-order valence-electron chi connectivity index (χ3n) is 6.91. The van der Waals surface area contributed by atoms with Crippen molar-refractivity contribution in [2.24, 2.45) is 0 Å². The molecule has 3 aliphatic rings. The van der Waals surface area contributed by atoms with Crippen molar-refractivity contribution in [2.75, 3.05) is 37.6 Å². The molecule has 0 aromatic heterocycles. The van der Waals surface area contributed by atoms with Gasteiger partial charge >= 0.3 is 6.09 Å². The molecule has 0 bridgehead atoms. The van der Waals surface area contributed by atoms with Gasteiger partial charge in [-0.15, -0.1) is 0 Å². The van der Waals surface area contributed by atoms with Gasteiger partial charge in [-0.05, 0) is 48.6 Å². The van der Waals surface area contributed by atoms with E-state index in [0.29, 0.717) is 37.6 Å². The molecule has 3 heterocycles. The second-order valence-corrected chi connectivity index (χ2v) is 9.52. The molecule has 5 rings (SSSR count). The van der Waals surface area contributed by atoms with Gasteiger partial charge in [0, 0.05) is 43.3 Å². The molecule has 2 aromatic rings. The largest absolute Gasteiger partial charge is 0.441 e. The highest BCUT2D eigenvalue weighted by Crippen LogP contribution is 2.36. The molecule has 3 aliphatic heterocycles. The van der Waals surface area contributed by atoms with Crippen molar-refractivity contribution in [3.8, 4) is 0 Å². The first-order valence-corrected chi connectivity index (χ1v) is 11.7. The standard InChI is InChI=1S/C25H28ClN3O3/c26-21-7-3-8-22(15-21)29-18-25(32-24(29)31)10-4-12-28(14-11-25)23(30)17-27-13-9-19-5-1-2-6-20(19)16-27/h1-3,5-8,15H,4,9-14,16-18H2/t25-/m0/s1. The van der Waals surface area contributed by atoms with E-state index in [9.17, 15) is 9.59 Å². The Bertz CT molecular complexity index is 1030. The van der Waals surface area contributed by atoms with Crippen LogP contribution < -0.4 is 4.90 Å². The number of benzene rings is 2. The lowest BCUT2D eigenvalue weighted by atomic mass is 9.95. The Kier molecular flexibility index (Phi) is 5.82. The Morgan fingerprint density at radius 3 is 2.72 bits per heavy atom. The second kappa shape index (κ2) is 8.75. The minimum Gasteiger partial charge on any atom is -0.441 e. The van der Waals surface area contributed by atoms with Crippen LogP contribution in [0.25, 0.3) is 0 Å². The Balaban J connectivity index is 1.20. The van der Waals surface area contributed by atoms with Crippen LogP contribution in [0.2, 0.25) is 5.02 Å². The zero-order chi connectivity index (χ0) is 22.1. The number of hydrogen-bond acceptors (Lipinski definition) is 4. The number of nitrogens with zero attached hydrogens (tertiary/aromatic N) is 3. The first-order chi connectivity index (χ1) is 15.5. The van der Waals surface area contributed by atoms with Crippen LogP contribution in [-0.2, 0) is 22.5 Å². The molecule has 1 atom stereocenters. The molecular formula is C25H28ClN3O3. The lowest BCUT2D eigenvalue weighted by molar-refractivity contribution is -0.132. The van der Waals surface area contributed by atoms with Crippen molar-refractivity contribution in [1.82, 2.24) is 9.80 Å². The Morgan fingerprint density at radius 1 is 1.03 bits per heavy atom. The van der Waals surface area contributed by atoms with Crippen molar-refractivity contribution in [1.29, 1.82) is 0 Å². The minimum atomic E-state index is -0.543. The monoisotopic (exact) mass is 453 g/mol. The molecule has 32 heavy (non-hydrogen) atoms. The highest BCUT2D eigenvalue weighted by Gasteiger charge is 2.46. The number of ether oxygens (including phenoxy) is 1. The molecule has 2 amide bonds. The predicted octanol–water partition coefficient (Wildman–Crippen LogP) is 4.11. The van der Waals surface area contributed by atoms with Crippen molar-refractivity contribution in [3.05, 3.63) is 64.7 Å². The van der Waals surface area contributed by atoms with Crippen molar-refractivity contribution in [3.63, 3.8) is 0 Å². The Hall–Kier alpha value is -2.57. The quantitative estimate of drug-likeness (QED) is 0.702. The van der Waals surface area contributed by atoms with Gasteiger partial charge in [0.15, 0.2) is 0 Å². The normalized spacial score (nSPS) is 23.7. The smallest absolute Gasteiger partial charge is 0.415 e. The predicted molar refractivity (Wildman–Crippen MR) is 124 cm³/mol. The fourth-order valence-corrected chi connectivity index (χ4v) is 5.31. The fraction of sp³-hybridized carbons (Fsp3) is 0.440. The van der Waals surface area contributed by atoms with E-state index in [-0.39, 0.29) is 12.0 Å². The van der Waals surface area contributed by atoms with Gasteiger partial charge < -0.3 is 9.64 Å². The first-order valence-electron chi connectivity index (χ1n) is 11.3. The molecule has 2 saturated heterocycles. The lowest BCUT2D eigenvalue weighted by Crippen LogP contribution is -2.43. The molecule has 0 unspecified atom stereocenters. The van der Waals surface area contributed by atoms with E-state index >= 15 is 0 Å². The average molecular weight is 454 g/mol. The molecule has 168 valence electrons. The number of fused-ring (bicyclic) bond motifs is 1. The summed E-state index contributed by atoms with van der Waals surface area (Å²) in [5, 5.41) is 0.592. The molecule has 0 saturated carbocycles. The van der Waals surface area contributed by atoms with E-state index in [2.05, 4.69) is 29.2 Å². The van der Waals surface area contributed by atoms with Gasteiger partial charge in [0.25, 0.3) is 0 Å². The molecule has 6 nitrogen and oxygen atoms in total. The zero-order valence-electron chi connectivity index (χ0n) is 18.1. The summed E-state index contributed by atoms with van der Waals surface area (Å²) in [4.78, 5) is 31.5. The summed E-state index contributed by atoms with van der Waals surface area (Å²) < 4.78 is 5.89. The van der Waals surface area contributed by atoms with Crippen LogP contribution in [0.4, 0.5) is 10.5 Å². The number of hydrogen-bond donors (Lipinski definition) is 0. The zero-order valence-corrected chi connectivity index (χ0v) is 18.9. The molecular weight excluding hydrogens is 426 g/mol. The summed E-state index contributed by atoms with van der Waals surface area (Å²) >= 11 is 6.11. The van der Waals surface area contributed by atoms with Crippen LogP contribution >= 0.6 is 11.6 Å². The minimum absolute atomic E-state index is 0.164. The summed E-state index contributed by atoms with van der Waals surface area (Å²) in [7, 11) is 0. The molecule has 2 fully saturated rings. The summed E-state index contributed by atoms with van der Waals surface area (Å²) in [5.41, 5.74) is 2.92. The van der Waals surface area contributed by atoms with Crippen molar-refractivity contribution < 1.29 is 14.3 Å². The maximum Gasteiger partial charge on any atom is 0.415 e. The summed E-state index contributed by atoms with van der Waals surface area (Å²) in [6, 6.07) is 15.8. The second-order valence-electron chi connectivity index (χ2n) is 9.08. The van der Waals surface area contributed by atoms with Crippen LogP contribution in [0.5, 0.6) is 0 Å². The van der Waals surface area contributed by atoms with Gasteiger partial charge in [0.1, 0.15) is 5.60 Å². The van der Waals surface area contributed by atoms with Gasteiger partial charge in [-0.2, -0.15) is 0 Å². The van der Waals surface area contributed by atoms with Crippen molar-refractivity contribution >= 4 is 29.3 Å². The van der Waals surface area contributed by atoms with Crippen LogP contribution in [-0.4, -0.2) is 60.1 Å². The average Bonchev–Trinajstić information content (AvgIpc) is 2.97. The topological polar surface area (TPSA) is 53.1 Å². The van der Waals surface area contributed by atoms with Crippen LogP contribution in [0.15, 0.2) is 48.5 Å². The summed E-state index contributed by atoms with van der Waals surface area (Å²) in [6.07, 6.45) is 2.90. The van der Waals surface area contributed by atoms with E-state index in [1.54, 1.807) is 17.0 Å². The fourth-order valence-electron chi connectivity index (χ4n) is 5.12. The van der Waals surface area contributed by atoms with E-state index < -0.39 is 5.60 Å². The molecule has 0 radical (unpaired) electrons. The summed E-state index contributed by atoms with van der Waals surface area (Å²) in [5.74, 6) is 0.164. The van der Waals surface area contributed by atoms with Gasteiger partial charge in [0.2, 0.25) is 5.91 Å². The number of amides is 2. The third-order valence-corrected chi connectivity index (χ3v) is 7.14. The molecule has 0 aliphatic carbocycles. The molecule has 2 aromatic carbocycles. The van der Waals surface area contributed by atoms with E-state index in [1.807, 2.05) is 17.0 Å². The van der Waals surface area contributed by atoms with Gasteiger partial charge in [-0.3, -0.25) is 14.6 Å².